The SMILES string of the molecule is Cc1cc(Br)ccc1-c1nc(Cl)c(I)c(C2CC2)n1. The topological polar surface area (TPSA) is 25.8 Å². The van der Waals surface area contributed by atoms with E-state index in [1.165, 1.54) is 12.8 Å². The quantitative estimate of drug-likeness (QED) is 0.456. The molecule has 1 fully saturated rings. The number of halogens is 3. The summed E-state index contributed by atoms with van der Waals surface area (Å²) in [5.41, 5.74) is 3.30. The lowest BCUT2D eigenvalue weighted by Gasteiger charge is -2.09. The van der Waals surface area contributed by atoms with Crippen LogP contribution in [-0.2, 0) is 0 Å². The van der Waals surface area contributed by atoms with Gasteiger partial charge in [-0.1, -0.05) is 27.5 Å². The fraction of sp³-hybridized carbons (Fsp3) is 0.286. The number of aryl methyl sites for hydroxylation is 1. The molecule has 1 aliphatic carbocycles. The van der Waals surface area contributed by atoms with Crippen LogP contribution in [0.3, 0.4) is 0 Å². The van der Waals surface area contributed by atoms with Crippen LogP contribution in [0.1, 0.15) is 30.0 Å². The number of hydrogen-bond donors (Lipinski definition) is 0. The van der Waals surface area contributed by atoms with Crippen molar-refractivity contribution in [1.82, 2.24) is 9.97 Å². The molecule has 2 nitrogen and oxygen atoms in total. The highest BCUT2D eigenvalue weighted by Crippen LogP contribution is 2.43. The third-order valence-corrected chi connectivity index (χ3v) is 5.38. The third-order valence-electron chi connectivity index (χ3n) is 3.23. The van der Waals surface area contributed by atoms with Gasteiger partial charge < -0.3 is 0 Å². The fourth-order valence-electron chi connectivity index (χ4n) is 2.06. The molecule has 0 saturated heterocycles. The Kier molecular flexibility index (Phi) is 3.84. The smallest absolute Gasteiger partial charge is 0.161 e. The molecule has 1 aromatic heterocycles. The summed E-state index contributed by atoms with van der Waals surface area (Å²) in [4.78, 5) is 9.17. The second-order valence-corrected chi connectivity index (χ2v) is 7.12. The highest BCUT2D eigenvalue weighted by molar-refractivity contribution is 14.1. The maximum absolute atomic E-state index is 6.26. The van der Waals surface area contributed by atoms with Gasteiger partial charge in [0.25, 0.3) is 0 Å². The van der Waals surface area contributed by atoms with Gasteiger partial charge in [0.05, 0.1) is 9.26 Å². The van der Waals surface area contributed by atoms with Gasteiger partial charge in [0.2, 0.25) is 0 Å². The molecule has 0 amide bonds. The minimum absolute atomic E-state index is 0.565. The zero-order chi connectivity index (χ0) is 13.6. The van der Waals surface area contributed by atoms with Gasteiger partial charge >= 0.3 is 0 Å². The largest absolute Gasteiger partial charge is 0.232 e. The van der Waals surface area contributed by atoms with Crippen molar-refractivity contribution in [2.45, 2.75) is 25.7 Å². The molecule has 2 aromatic rings. The lowest BCUT2D eigenvalue weighted by Crippen LogP contribution is -2.00. The van der Waals surface area contributed by atoms with Gasteiger partial charge in [-0.05, 0) is 66.1 Å². The van der Waals surface area contributed by atoms with Crippen molar-refractivity contribution < 1.29 is 0 Å². The van der Waals surface area contributed by atoms with Crippen molar-refractivity contribution in [3.63, 3.8) is 0 Å². The first kappa shape index (κ1) is 13.8. The number of rotatable bonds is 2. The van der Waals surface area contributed by atoms with E-state index in [-0.39, 0.29) is 0 Å². The first-order chi connectivity index (χ1) is 9.06. The molecule has 1 heterocycles. The normalized spacial score (nSPS) is 14.7. The molecular weight excluding hydrogens is 438 g/mol. The van der Waals surface area contributed by atoms with Crippen molar-refractivity contribution in [3.05, 3.63) is 42.7 Å². The van der Waals surface area contributed by atoms with E-state index in [1.54, 1.807) is 0 Å². The minimum atomic E-state index is 0.565. The highest BCUT2D eigenvalue weighted by atomic mass is 127. The number of benzene rings is 1. The van der Waals surface area contributed by atoms with E-state index in [0.717, 1.165) is 30.7 Å². The molecule has 98 valence electrons. The predicted octanol–water partition coefficient (Wildman–Crippen LogP) is 5.35. The molecule has 0 atom stereocenters. The fourth-order valence-corrected chi connectivity index (χ4v) is 3.40. The van der Waals surface area contributed by atoms with E-state index in [2.05, 4.69) is 56.5 Å². The first-order valence-electron chi connectivity index (χ1n) is 6.05. The Morgan fingerprint density at radius 1 is 1.32 bits per heavy atom. The monoisotopic (exact) mass is 448 g/mol. The van der Waals surface area contributed by atoms with E-state index >= 15 is 0 Å². The number of nitrogens with zero attached hydrogens (tertiary/aromatic N) is 2. The molecule has 0 bridgehead atoms. The van der Waals surface area contributed by atoms with E-state index in [4.69, 9.17) is 16.6 Å². The van der Waals surface area contributed by atoms with Crippen molar-refractivity contribution in [1.29, 1.82) is 0 Å². The minimum Gasteiger partial charge on any atom is -0.232 e. The molecule has 3 rings (SSSR count). The van der Waals surface area contributed by atoms with Crippen LogP contribution in [0.4, 0.5) is 0 Å². The Bertz CT molecular complexity index is 656. The predicted molar refractivity (Wildman–Crippen MR) is 89.6 cm³/mol. The lowest BCUT2D eigenvalue weighted by molar-refractivity contribution is 0.977. The average molecular weight is 450 g/mol. The molecule has 0 aliphatic heterocycles. The molecule has 19 heavy (non-hydrogen) atoms. The van der Waals surface area contributed by atoms with Gasteiger partial charge in [0.1, 0.15) is 5.15 Å². The van der Waals surface area contributed by atoms with Gasteiger partial charge in [0.15, 0.2) is 5.82 Å². The van der Waals surface area contributed by atoms with Crippen LogP contribution in [-0.4, -0.2) is 9.97 Å². The third kappa shape index (κ3) is 2.81. The Labute approximate surface area is 139 Å². The molecule has 1 aliphatic rings. The van der Waals surface area contributed by atoms with Crippen LogP contribution in [0.2, 0.25) is 5.15 Å². The molecule has 0 unspecified atom stereocenters. The average Bonchev–Trinajstić information content (AvgIpc) is 3.17. The molecule has 1 saturated carbocycles. The molecule has 0 radical (unpaired) electrons. The summed E-state index contributed by atoms with van der Waals surface area (Å²) >= 11 is 12.0. The highest BCUT2D eigenvalue weighted by Gasteiger charge is 2.29. The van der Waals surface area contributed by atoms with Gasteiger partial charge in [-0.25, -0.2) is 9.97 Å². The van der Waals surface area contributed by atoms with E-state index in [9.17, 15) is 0 Å². The summed E-state index contributed by atoms with van der Waals surface area (Å²) in [6.07, 6.45) is 2.42. The maximum Gasteiger partial charge on any atom is 0.161 e. The molecular formula is C14H11BrClIN2. The number of aromatic nitrogens is 2. The Morgan fingerprint density at radius 3 is 2.68 bits per heavy atom. The van der Waals surface area contributed by atoms with Gasteiger partial charge in [0, 0.05) is 16.0 Å². The summed E-state index contributed by atoms with van der Waals surface area (Å²) in [7, 11) is 0. The van der Waals surface area contributed by atoms with Crippen molar-refractivity contribution in [2.24, 2.45) is 0 Å². The van der Waals surface area contributed by atoms with E-state index in [0.29, 0.717) is 11.1 Å². The maximum atomic E-state index is 6.26. The van der Waals surface area contributed by atoms with Crippen LogP contribution in [0.25, 0.3) is 11.4 Å². The van der Waals surface area contributed by atoms with Gasteiger partial charge in [-0.2, -0.15) is 0 Å². The van der Waals surface area contributed by atoms with Crippen LogP contribution < -0.4 is 0 Å². The van der Waals surface area contributed by atoms with Crippen molar-refractivity contribution >= 4 is 50.1 Å². The Balaban J connectivity index is 2.14. The standard InChI is InChI=1S/C14H11BrClIN2/c1-7-6-9(15)4-5-10(7)14-18-12(8-2-3-8)11(17)13(16)19-14/h4-6,8H,2-3H2,1H3. The Morgan fingerprint density at radius 2 is 2.05 bits per heavy atom. The summed E-state index contributed by atoms with van der Waals surface area (Å²) in [6, 6.07) is 6.12. The summed E-state index contributed by atoms with van der Waals surface area (Å²) in [5, 5.41) is 0.565. The van der Waals surface area contributed by atoms with Gasteiger partial charge in [-0.3, -0.25) is 0 Å². The first-order valence-corrected chi connectivity index (χ1v) is 8.30. The summed E-state index contributed by atoms with van der Waals surface area (Å²) < 4.78 is 2.06. The second-order valence-electron chi connectivity index (χ2n) is 4.77. The number of hydrogen-bond acceptors (Lipinski definition) is 2. The molecule has 0 spiro atoms. The zero-order valence-electron chi connectivity index (χ0n) is 10.3. The van der Waals surface area contributed by atoms with Crippen LogP contribution >= 0.6 is 50.1 Å². The van der Waals surface area contributed by atoms with E-state index in [1.807, 2.05) is 12.1 Å². The molecule has 5 heteroatoms. The summed E-state index contributed by atoms with van der Waals surface area (Å²) in [5.74, 6) is 1.30. The molecule has 1 aromatic carbocycles. The molecule has 0 N–H and O–H groups in total. The Hall–Kier alpha value is -0.200. The van der Waals surface area contributed by atoms with Crippen LogP contribution in [0.5, 0.6) is 0 Å². The van der Waals surface area contributed by atoms with Crippen LogP contribution in [0, 0.1) is 10.5 Å². The van der Waals surface area contributed by atoms with E-state index < -0.39 is 0 Å². The van der Waals surface area contributed by atoms with Gasteiger partial charge in [-0.15, -0.1) is 0 Å². The lowest BCUT2D eigenvalue weighted by atomic mass is 10.1. The van der Waals surface area contributed by atoms with Crippen molar-refractivity contribution in [2.75, 3.05) is 0 Å². The summed E-state index contributed by atoms with van der Waals surface area (Å²) in [6.45, 7) is 2.06. The second kappa shape index (κ2) is 5.30. The zero-order valence-corrected chi connectivity index (χ0v) is 14.8. The van der Waals surface area contributed by atoms with Crippen LogP contribution in [0.15, 0.2) is 22.7 Å². The van der Waals surface area contributed by atoms with Crippen molar-refractivity contribution in [3.8, 4) is 11.4 Å².